The summed E-state index contributed by atoms with van der Waals surface area (Å²) >= 11 is 0. The number of hydrogen-bond acceptors (Lipinski definition) is 2. The summed E-state index contributed by atoms with van der Waals surface area (Å²) in [7, 11) is 0. The number of nitrogens with zero attached hydrogens (tertiary/aromatic N) is 1. The fourth-order valence-corrected chi connectivity index (χ4v) is 2.79. The summed E-state index contributed by atoms with van der Waals surface area (Å²) in [6.45, 7) is 3.08. The van der Waals surface area contributed by atoms with Gasteiger partial charge < -0.3 is 10.2 Å². The fourth-order valence-electron chi connectivity index (χ4n) is 2.79. The van der Waals surface area contributed by atoms with Gasteiger partial charge in [-0.1, -0.05) is 12.1 Å². The Balaban J connectivity index is 1.74. The lowest BCUT2D eigenvalue weighted by Gasteiger charge is -2.30. The van der Waals surface area contributed by atoms with Gasteiger partial charge in [-0.3, -0.25) is 9.59 Å². The molecule has 4 nitrogen and oxygen atoms in total. The number of hydrogen-bond donors (Lipinski definition) is 1. The van der Waals surface area contributed by atoms with E-state index in [-0.39, 0.29) is 17.7 Å². The predicted octanol–water partition coefficient (Wildman–Crippen LogP) is 2.62. The maximum atomic E-state index is 12.5. The van der Waals surface area contributed by atoms with E-state index in [0.29, 0.717) is 38.9 Å². The minimum absolute atomic E-state index is 0.0242. The van der Waals surface area contributed by atoms with Gasteiger partial charge in [0.05, 0.1) is 5.56 Å². The third-order valence-electron chi connectivity index (χ3n) is 4.31. The van der Waals surface area contributed by atoms with E-state index < -0.39 is 11.7 Å². The van der Waals surface area contributed by atoms with Gasteiger partial charge in [-0.15, -0.1) is 0 Å². The second kappa shape index (κ2) is 7.68. The molecule has 1 heterocycles. The van der Waals surface area contributed by atoms with Crippen molar-refractivity contribution in [1.29, 1.82) is 0 Å². The molecule has 2 amide bonds. The van der Waals surface area contributed by atoms with Crippen LogP contribution in [0.3, 0.4) is 0 Å². The van der Waals surface area contributed by atoms with Gasteiger partial charge in [-0.25, -0.2) is 0 Å². The van der Waals surface area contributed by atoms with E-state index in [1.54, 1.807) is 4.90 Å². The van der Waals surface area contributed by atoms with E-state index in [2.05, 4.69) is 5.32 Å². The zero-order valence-electron chi connectivity index (χ0n) is 13.5. The van der Waals surface area contributed by atoms with Crippen LogP contribution in [0.5, 0.6) is 0 Å². The van der Waals surface area contributed by atoms with Gasteiger partial charge in [0, 0.05) is 32.5 Å². The fraction of sp³-hybridized carbons (Fsp3) is 0.529. The molecule has 0 atom stereocenters. The van der Waals surface area contributed by atoms with E-state index >= 15 is 0 Å². The zero-order valence-corrected chi connectivity index (χ0v) is 13.5. The molecule has 0 bridgehead atoms. The van der Waals surface area contributed by atoms with Gasteiger partial charge >= 0.3 is 6.18 Å². The first-order valence-corrected chi connectivity index (χ1v) is 7.96. The number of likely N-dealkylation sites (tertiary alicyclic amines) is 1. The lowest BCUT2D eigenvalue weighted by molar-refractivity contribution is -0.137. The molecule has 1 aromatic rings. The first-order chi connectivity index (χ1) is 11.3. The second-order valence-electron chi connectivity index (χ2n) is 6.02. The number of alkyl halides is 3. The summed E-state index contributed by atoms with van der Waals surface area (Å²) in [5, 5.41) is 2.83. The van der Waals surface area contributed by atoms with Crippen LogP contribution < -0.4 is 5.32 Å². The number of carbonyl (C=O) groups is 2. The molecule has 0 spiro atoms. The summed E-state index contributed by atoms with van der Waals surface area (Å²) in [5.74, 6) is -0.130. The van der Waals surface area contributed by atoms with Crippen molar-refractivity contribution in [2.45, 2.75) is 32.4 Å². The molecular formula is C17H21F3N2O2. The summed E-state index contributed by atoms with van der Waals surface area (Å²) in [6, 6.07) is 4.96. The normalized spacial score (nSPS) is 16.1. The Bertz CT molecular complexity index is 576. The molecule has 0 aliphatic carbocycles. The SMILES string of the molecule is CC(=O)N1CCC(C(=O)NCCc2ccc(C(F)(F)F)cc2)CC1. The van der Waals surface area contributed by atoms with Gasteiger partial charge in [-0.2, -0.15) is 13.2 Å². The summed E-state index contributed by atoms with van der Waals surface area (Å²) < 4.78 is 37.4. The molecule has 7 heteroatoms. The van der Waals surface area contributed by atoms with Crippen LogP contribution in [0.1, 0.15) is 30.9 Å². The number of nitrogens with one attached hydrogen (secondary N) is 1. The summed E-state index contributed by atoms with van der Waals surface area (Å²) in [6.07, 6.45) is -2.56. The van der Waals surface area contributed by atoms with Crippen molar-refractivity contribution < 1.29 is 22.8 Å². The van der Waals surface area contributed by atoms with Gasteiger partial charge in [-0.05, 0) is 37.0 Å². The third-order valence-corrected chi connectivity index (χ3v) is 4.31. The molecule has 1 aliphatic rings. The van der Waals surface area contributed by atoms with Gasteiger partial charge in [0.2, 0.25) is 11.8 Å². The van der Waals surface area contributed by atoms with Gasteiger partial charge in [0.25, 0.3) is 0 Å². The average molecular weight is 342 g/mol. The highest BCUT2D eigenvalue weighted by Crippen LogP contribution is 2.29. The minimum atomic E-state index is -4.33. The predicted molar refractivity (Wildman–Crippen MR) is 83.1 cm³/mol. The Labute approximate surface area is 139 Å². The van der Waals surface area contributed by atoms with Crippen molar-refractivity contribution >= 4 is 11.8 Å². The Morgan fingerprint density at radius 1 is 1.17 bits per heavy atom. The molecule has 1 aliphatic heterocycles. The summed E-state index contributed by atoms with van der Waals surface area (Å²) in [4.78, 5) is 25.1. The van der Waals surface area contributed by atoms with Crippen molar-refractivity contribution in [3.05, 3.63) is 35.4 Å². The summed E-state index contributed by atoms with van der Waals surface area (Å²) in [5.41, 5.74) is 0.0715. The molecule has 24 heavy (non-hydrogen) atoms. The highest BCUT2D eigenvalue weighted by Gasteiger charge is 2.30. The van der Waals surface area contributed by atoms with E-state index in [4.69, 9.17) is 0 Å². The molecule has 1 aromatic carbocycles. The first-order valence-electron chi connectivity index (χ1n) is 7.96. The van der Waals surface area contributed by atoms with Crippen LogP contribution in [0.2, 0.25) is 0 Å². The van der Waals surface area contributed by atoms with Crippen molar-refractivity contribution in [3.8, 4) is 0 Å². The topological polar surface area (TPSA) is 49.4 Å². The van der Waals surface area contributed by atoms with Crippen molar-refractivity contribution in [3.63, 3.8) is 0 Å². The standard InChI is InChI=1S/C17H21F3N2O2/c1-12(23)22-10-7-14(8-11-22)16(24)21-9-6-13-2-4-15(5-3-13)17(18,19)20/h2-5,14H,6-11H2,1H3,(H,21,24). The highest BCUT2D eigenvalue weighted by molar-refractivity contribution is 5.79. The largest absolute Gasteiger partial charge is 0.416 e. The van der Waals surface area contributed by atoms with Crippen LogP contribution in [0, 0.1) is 5.92 Å². The monoisotopic (exact) mass is 342 g/mol. The number of halogens is 3. The molecular weight excluding hydrogens is 321 g/mol. The molecule has 0 aromatic heterocycles. The van der Waals surface area contributed by atoms with Gasteiger partial charge in [0.1, 0.15) is 0 Å². The lowest BCUT2D eigenvalue weighted by atomic mass is 9.96. The molecule has 0 radical (unpaired) electrons. The minimum Gasteiger partial charge on any atom is -0.356 e. The molecule has 1 saturated heterocycles. The molecule has 1 fully saturated rings. The number of amides is 2. The zero-order chi connectivity index (χ0) is 17.7. The molecule has 2 rings (SSSR count). The first kappa shape index (κ1) is 18.3. The van der Waals surface area contributed by atoms with Crippen molar-refractivity contribution in [1.82, 2.24) is 10.2 Å². The van der Waals surface area contributed by atoms with Crippen LogP contribution in [0.15, 0.2) is 24.3 Å². The van der Waals surface area contributed by atoms with Crippen LogP contribution in [0.4, 0.5) is 13.2 Å². The van der Waals surface area contributed by atoms with E-state index in [9.17, 15) is 22.8 Å². The molecule has 0 unspecified atom stereocenters. The lowest BCUT2D eigenvalue weighted by Crippen LogP contribution is -2.42. The maximum Gasteiger partial charge on any atom is 0.416 e. The maximum absolute atomic E-state index is 12.5. The number of benzene rings is 1. The van der Waals surface area contributed by atoms with E-state index in [1.807, 2.05) is 0 Å². The third kappa shape index (κ3) is 4.97. The van der Waals surface area contributed by atoms with E-state index in [0.717, 1.165) is 17.7 Å². The molecule has 132 valence electrons. The van der Waals surface area contributed by atoms with E-state index in [1.165, 1.54) is 19.1 Å². The van der Waals surface area contributed by atoms with Gasteiger partial charge in [0.15, 0.2) is 0 Å². The average Bonchev–Trinajstić information content (AvgIpc) is 2.54. The Kier molecular flexibility index (Phi) is 5.85. The smallest absolute Gasteiger partial charge is 0.356 e. The number of piperidine rings is 1. The Hall–Kier alpha value is -2.05. The number of rotatable bonds is 4. The van der Waals surface area contributed by atoms with Crippen LogP contribution in [-0.2, 0) is 22.2 Å². The van der Waals surface area contributed by atoms with Crippen LogP contribution >= 0.6 is 0 Å². The molecule has 0 saturated carbocycles. The quantitative estimate of drug-likeness (QED) is 0.914. The molecule has 1 N–H and O–H groups in total. The Morgan fingerprint density at radius 3 is 2.25 bits per heavy atom. The van der Waals surface area contributed by atoms with Crippen LogP contribution in [0.25, 0.3) is 0 Å². The number of carbonyl (C=O) groups excluding carboxylic acids is 2. The van der Waals surface area contributed by atoms with Crippen molar-refractivity contribution in [2.24, 2.45) is 5.92 Å². The van der Waals surface area contributed by atoms with Crippen LogP contribution in [-0.4, -0.2) is 36.3 Å². The van der Waals surface area contributed by atoms with Crippen molar-refractivity contribution in [2.75, 3.05) is 19.6 Å². The second-order valence-corrected chi connectivity index (χ2v) is 6.02. The highest BCUT2D eigenvalue weighted by atomic mass is 19.4. The Morgan fingerprint density at radius 2 is 1.75 bits per heavy atom.